The highest BCUT2D eigenvalue weighted by molar-refractivity contribution is 7.92. The van der Waals surface area contributed by atoms with Crippen molar-refractivity contribution in [2.75, 3.05) is 18.5 Å². The molecular formula is C26H29ClF3NO7S. The number of fused-ring (bicyclic) bond motifs is 2. The molecular weight excluding hydrogens is 563 g/mol. The fraction of sp³-hybridized carbons (Fsp3) is 0.500. The van der Waals surface area contributed by atoms with Gasteiger partial charge in [0.25, 0.3) is 5.91 Å². The molecule has 2 fully saturated rings. The highest BCUT2D eigenvalue weighted by Gasteiger charge is 2.56. The second-order valence-electron chi connectivity index (χ2n) is 10.3. The fourth-order valence-corrected chi connectivity index (χ4v) is 7.86. The summed E-state index contributed by atoms with van der Waals surface area (Å²) in [6, 6.07) is 4.74. The second kappa shape index (κ2) is 11.3. The van der Waals surface area contributed by atoms with E-state index in [4.69, 9.17) is 16.3 Å². The third-order valence-corrected chi connectivity index (χ3v) is 10.4. The number of carbonyl (C=O) groups is 1. The van der Waals surface area contributed by atoms with Gasteiger partial charge >= 0.3 is 0 Å². The highest BCUT2D eigenvalue weighted by atomic mass is 35.5. The van der Waals surface area contributed by atoms with E-state index in [9.17, 15) is 41.7 Å². The van der Waals surface area contributed by atoms with Crippen LogP contribution in [0.25, 0.3) is 0 Å². The lowest BCUT2D eigenvalue weighted by Gasteiger charge is -2.42. The maximum absolute atomic E-state index is 13.6. The SMILES string of the molecule is C[C@@H](O)[C@H](O)COC[C@@]1(O)C2CC[C@H]1C[C@H](S(=O)(=O)c1cc(C(=O)Nc3cc(F)c(F)c(F)c3)ccc1Cl)C2. The number of nitrogens with one attached hydrogen (secondary N) is 1. The maximum atomic E-state index is 13.6. The van der Waals surface area contributed by atoms with Gasteiger partial charge in [0.15, 0.2) is 27.3 Å². The third-order valence-electron chi connectivity index (χ3n) is 7.73. The Bertz CT molecular complexity index is 1320. The monoisotopic (exact) mass is 591 g/mol. The van der Waals surface area contributed by atoms with E-state index in [2.05, 4.69) is 5.32 Å². The molecule has 0 aliphatic heterocycles. The minimum Gasteiger partial charge on any atom is -0.391 e. The van der Waals surface area contributed by atoms with Crippen LogP contribution < -0.4 is 5.32 Å². The Labute approximate surface area is 228 Å². The summed E-state index contributed by atoms with van der Waals surface area (Å²) in [5.41, 5.74) is -1.79. The van der Waals surface area contributed by atoms with Crippen LogP contribution in [0.3, 0.4) is 0 Å². The minimum absolute atomic E-state index is 0.111. The zero-order valence-electron chi connectivity index (χ0n) is 20.9. The standard InChI is InChI=1S/C26H29ClF3NO7S/c1-13(32)22(33)11-38-12-26(35)15-3-4-16(26)8-18(7-15)39(36,37)23-6-14(2-5-19(23)27)25(34)31-17-9-20(28)24(30)21(29)10-17/h2,5-6,9-10,13,15-16,18,22,32-33,35H,3-4,7-8,11-12H2,1H3,(H,31,34)/t13-,15+,16?,18+,22-,26+/m1/s1. The van der Waals surface area contributed by atoms with E-state index in [1.54, 1.807) is 0 Å². The van der Waals surface area contributed by atoms with Crippen LogP contribution in [0.4, 0.5) is 18.9 Å². The molecule has 0 heterocycles. The first-order valence-electron chi connectivity index (χ1n) is 12.4. The molecule has 0 radical (unpaired) electrons. The Morgan fingerprint density at radius 1 is 1.13 bits per heavy atom. The molecule has 2 aliphatic rings. The molecule has 0 aromatic heterocycles. The molecule has 6 atom stereocenters. The molecule has 2 bridgehead atoms. The predicted molar refractivity (Wildman–Crippen MR) is 136 cm³/mol. The summed E-state index contributed by atoms with van der Waals surface area (Å²) in [5.74, 6) is -6.36. The largest absolute Gasteiger partial charge is 0.391 e. The first-order valence-corrected chi connectivity index (χ1v) is 14.3. The van der Waals surface area contributed by atoms with Gasteiger partial charge in [-0.15, -0.1) is 0 Å². The number of amides is 1. The summed E-state index contributed by atoms with van der Waals surface area (Å²) in [7, 11) is -4.07. The van der Waals surface area contributed by atoms with Gasteiger partial charge in [0.1, 0.15) is 6.10 Å². The lowest BCUT2D eigenvalue weighted by atomic mass is 9.75. The van der Waals surface area contributed by atoms with E-state index in [0.29, 0.717) is 25.0 Å². The number of ether oxygens (including phenoxy) is 1. The second-order valence-corrected chi connectivity index (χ2v) is 12.9. The Morgan fingerprint density at radius 3 is 2.28 bits per heavy atom. The van der Waals surface area contributed by atoms with Gasteiger partial charge in [0.2, 0.25) is 0 Å². The molecule has 2 saturated carbocycles. The summed E-state index contributed by atoms with van der Waals surface area (Å²) >= 11 is 6.23. The fourth-order valence-electron chi connectivity index (χ4n) is 5.45. The number of aliphatic hydroxyl groups is 3. The quantitative estimate of drug-likeness (QED) is 0.328. The lowest BCUT2D eigenvalue weighted by molar-refractivity contribution is -0.129. The summed E-state index contributed by atoms with van der Waals surface area (Å²) in [6.45, 7) is 1.12. The van der Waals surface area contributed by atoms with Crippen LogP contribution in [0, 0.1) is 29.3 Å². The smallest absolute Gasteiger partial charge is 0.255 e. The molecule has 2 aliphatic carbocycles. The molecule has 2 aromatic carbocycles. The van der Waals surface area contributed by atoms with Crippen LogP contribution >= 0.6 is 11.6 Å². The molecule has 1 amide bonds. The number of benzene rings is 2. The topological polar surface area (TPSA) is 133 Å². The van der Waals surface area contributed by atoms with E-state index in [-0.39, 0.29) is 47.2 Å². The summed E-state index contributed by atoms with van der Waals surface area (Å²) in [4.78, 5) is 12.4. The van der Waals surface area contributed by atoms with Crippen LogP contribution in [0.1, 0.15) is 43.0 Å². The number of anilines is 1. The Balaban J connectivity index is 1.50. The number of halogens is 4. The summed E-state index contributed by atoms with van der Waals surface area (Å²) in [5, 5.41) is 31.7. The first kappa shape index (κ1) is 29.8. The van der Waals surface area contributed by atoms with E-state index in [1.807, 2.05) is 0 Å². The van der Waals surface area contributed by atoms with Crippen molar-refractivity contribution in [2.45, 2.75) is 60.6 Å². The average Bonchev–Trinajstić information content (AvgIpc) is 3.03. The lowest BCUT2D eigenvalue weighted by Crippen LogP contribution is -2.51. The van der Waals surface area contributed by atoms with Crippen LogP contribution in [0.15, 0.2) is 35.2 Å². The van der Waals surface area contributed by atoms with Crippen LogP contribution in [-0.2, 0) is 14.6 Å². The van der Waals surface area contributed by atoms with Crippen LogP contribution in [0.5, 0.6) is 0 Å². The van der Waals surface area contributed by atoms with Crippen molar-refractivity contribution in [2.24, 2.45) is 11.8 Å². The highest BCUT2D eigenvalue weighted by Crippen LogP contribution is 2.52. The van der Waals surface area contributed by atoms with E-state index in [0.717, 1.165) is 6.07 Å². The van der Waals surface area contributed by atoms with Gasteiger partial charge in [0, 0.05) is 23.4 Å². The molecule has 8 nitrogen and oxygen atoms in total. The van der Waals surface area contributed by atoms with Crippen molar-refractivity contribution in [1.82, 2.24) is 0 Å². The maximum Gasteiger partial charge on any atom is 0.255 e. The zero-order chi connectivity index (χ0) is 28.7. The molecule has 214 valence electrons. The van der Waals surface area contributed by atoms with Gasteiger partial charge in [-0.2, -0.15) is 0 Å². The van der Waals surface area contributed by atoms with Crippen molar-refractivity contribution >= 4 is 33.0 Å². The molecule has 13 heteroatoms. The first-order chi connectivity index (χ1) is 18.2. The molecule has 4 N–H and O–H groups in total. The molecule has 0 spiro atoms. The van der Waals surface area contributed by atoms with E-state index < -0.39 is 68.1 Å². The third kappa shape index (κ3) is 5.96. The number of hydrogen-bond acceptors (Lipinski definition) is 7. The summed E-state index contributed by atoms with van der Waals surface area (Å²) < 4.78 is 73.0. The Morgan fingerprint density at radius 2 is 1.72 bits per heavy atom. The van der Waals surface area contributed by atoms with Gasteiger partial charge in [-0.25, -0.2) is 21.6 Å². The molecule has 1 unspecified atom stereocenters. The van der Waals surface area contributed by atoms with Crippen molar-refractivity contribution in [3.05, 3.63) is 58.4 Å². The Hall–Kier alpha value is -2.22. The number of hydrogen-bond donors (Lipinski definition) is 4. The van der Waals surface area contributed by atoms with E-state index >= 15 is 0 Å². The van der Waals surface area contributed by atoms with Gasteiger partial charge in [-0.3, -0.25) is 4.79 Å². The van der Waals surface area contributed by atoms with Crippen molar-refractivity contribution in [3.8, 4) is 0 Å². The van der Waals surface area contributed by atoms with Gasteiger partial charge in [0.05, 0.1) is 40.1 Å². The Kier molecular flexibility index (Phi) is 8.65. The van der Waals surface area contributed by atoms with Gasteiger partial charge < -0.3 is 25.4 Å². The van der Waals surface area contributed by atoms with Crippen molar-refractivity contribution in [1.29, 1.82) is 0 Å². The molecule has 0 saturated heterocycles. The van der Waals surface area contributed by atoms with Gasteiger partial charge in [-0.1, -0.05) is 11.6 Å². The van der Waals surface area contributed by atoms with Crippen molar-refractivity contribution in [3.63, 3.8) is 0 Å². The predicted octanol–water partition coefficient (Wildman–Crippen LogP) is 3.46. The van der Waals surface area contributed by atoms with Gasteiger partial charge in [-0.05, 0) is 62.6 Å². The molecule has 2 aromatic rings. The number of carbonyl (C=O) groups excluding carboxylic acids is 1. The number of sulfone groups is 1. The summed E-state index contributed by atoms with van der Waals surface area (Å²) in [6.07, 6.45) is -0.710. The zero-order valence-corrected chi connectivity index (χ0v) is 22.5. The molecule has 4 rings (SSSR count). The molecule has 39 heavy (non-hydrogen) atoms. The van der Waals surface area contributed by atoms with Crippen LogP contribution in [0.2, 0.25) is 5.02 Å². The number of rotatable bonds is 9. The number of aliphatic hydroxyl groups excluding tert-OH is 2. The van der Waals surface area contributed by atoms with Crippen molar-refractivity contribution < 1.29 is 46.4 Å². The van der Waals surface area contributed by atoms with Crippen LogP contribution in [-0.4, -0.2) is 65.9 Å². The van der Waals surface area contributed by atoms with E-state index in [1.165, 1.54) is 19.1 Å². The minimum atomic E-state index is -4.07. The normalized spacial score (nSPS) is 26.3. The average molecular weight is 592 g/mol.